The van der Waals surface area contributed by atoms with E-state index < -0.39 is 6.04 Å². The van der Waals surface area contributed by atoms with Crippen LogP contribution in [-0.4, -0.2) is 27.8 Å². The van der Waals surface area contributed by atoms with E-state index in [1.54, 1.807) is 43.1 Å². The van der Waals surface area contributed by atoms with Crippen LogP contribution < -0.4 is 10.1 Å². The van der Waals surface area contributed by atoms with Crippen molar-refractivity contribution in [3.63, 3.8) is 0 Å². The predicted molar refractivity (Wildman–Crippen MR) is 136 cm³/mol. The normalized spacial score (nSPS) is 11.8. The summed E-state index contributed by atoms with van der Waals surface area (Å²) >= 11 is 7.93. The number of hydrogen-bond donors (Lipinski definition) is 1. The number of hydrogen-bond acceptors (Lipinski definition) is 5. The first kappa shape index (κ1) is 23.9. The van der Waals surface area contributed by atoms with E-state index in [4.69, 9.17) is 16.3 Å². The predicted octanol–water partition coefficient (Wildman–Crippen LogP) is 6.02. The first-order valence-electron chi connectivity index (χ1n) is 10.8. The van der Waals surface area contributed by atoms with Gasteiger partial charge in [0.25, 0.3) is 5.91 Å². The lowest BCUT2D eigenvalue weighted by Gasteiger charge is -2.18. The Morgan fingerprint density at radius 3 is 2.65 bits per heavy atom. The van der Waals surface area contributed by atoms with E-state index in [1.807, 2.05) is 54.8 Å². The summed E-state index contributed by atoms with van der Waals surface area (Å²) < 4.78 is 7.22. The zero-order valence-electron chi connectivity index (χ0n) is 19.2. The van der Waals surface area contributed by atoms with Gasteiger partial charge in [0.2, 0.25) is 0 Å². The molecule has 1 heterocycles. The highest BCUT2D eigenvalue weighted by Gasteiger charge is 2.23. The van der Waals surface area contributed by atoms with E-state index in [-0.39, 0.29) is 5.91 Å². The SMILES string of the molecule is COc1cccc(C(=O)NC(C)c2nnc(SCc3ccccc3)n2-c2cc(Cl)ccc2C)c1. The van der Waals surface area contributed by atoms with Crippen molar-refractivity contribution < 1.29 is 9.53 Å². The summed E-state index contributed by atoms with van der Waals surface area (Å²) in [6.45, 7) is 3.91. The molecule has 0 aliphatic carbocycles. The molecule has 174 valence electrons. The average Bonchev–Trinajstić information content (AvgIpc) is 3.28. The summed E-state index contributed by atoms with van der Waals surface area (Å²) in [6, 6.07) is 22.5. The number of benzene rings is 3. The van der Waals surface area contributed by atoms with Gasteiger partial charge in [0, 0.05) is 16.3 Å². The van der Waals surface area contributed by atoms with E-state index in [1.165, 1.54) is 5.56 Å². The molecule has 34 heavy (non-hydrogen) atoms. The number of carbonyl (C=O) groups excluding carboxylic acids is 1. The molecule has 4 aromatic rings. The zero-order valence-corrected chi connectivity index (χ0v) is 20.7. The van der Waals surface area contributed by atoms with Gasteiger partial charge in [0.05, 0.1) is 18.8 Å². The minimum atomic E-state index is -0.407. The van der Waals surface area contributed by atoms with Crippen LogP contribution in [0.2, 0.25) is 5.02 Å². The molecule has 0 bridgehead atoms. The van der Waals surface area contributed by atoms with Crippen LogP contribution in [0, 0.1) is 6.92 Å². The molecule has 0 fully saturated rings. The molecule has 0 aliphatic rings. The van der Waals surface area contributed by atoms with Gasteiger partial charge in [-0.1, -0.05) is 65.8 Å². The molecule has 0 aliphatic heterocycles. The first-order valence-corrected chi connectivity index (χ1v) is 12.2. The second-order valence-electron chi connectivity index (χ2n) is 7.81. The summed E-state index contributed by atoms with van der Waals surface area (Å²) in [4.78, 5) is 12.9. The van der Waals surface area contributed by atoms with Gasteiger partial charge in [-0.3, -0.25) is 9.36 Å². The Hall–Kier alpha value is -3.29. The fourth-order valence-electron chi connectivity index (χ4n) is 3.54. The van der Waals surface area contributed by atoms with Gasteiger partial charge >= 0.3 is 0 Å². The van der Waals surface area contributed by atoms with Crippen molar-refractivity contribution in [2.24, 2.45) is 0 Å². The maximum atomic E-state index is 12.9. The van der Waals surface area contributed by atoms with E-state index in [0.717, 1.165) is 22.2 Å². The van der Waals surface area contributed by atoms with Crippen LogP contribution in [0.5, 0.6) is 5.75 Å². The summed E-state index contributed by atoms with van der Waals surface area (Å²) in [5, 5.41) is 13.3. The van der Waals surface area contributed by atoms with Crippen LogP contribution in [-0.2, 0) is 5.75 Å². The standard InChI is InChI=1S/C26H25ClN4O2S/c1-17-12-13-21(27)15-23(17)31-24(29-30-26(31)34-16-19-8-5-4-6-9-19)18(2)28-25(32)20-10-7-11-22(14-20)33-3/h4-15,18H,16H2,1-3H3,(H,28,32). The average molecular weight is 493 g/mol. The summed E-state index contributed by atoms with van der Waals surface area (Å²) in [7, 11) is 1.57. The molecule has 1 N–H and O–H groups in total. The second-order valence-corrected chi connectivity index (χ2v) is 9.19. The van der Waals surface area contributed by atoms with Gasteiger partial charge in [-0.05, 0) is 55.3 Å². The third-order valence-corrected chi connectivity index (χ3v) is 6.58. The summed E-state index contributed by atoms with van der Waals surface area (Å²) in [5.41, 5.74) is 3.60. The second kappa shape index (κ2) is 10.8. The van der Waals surface area contributed by atoms with Crippen molar-refractivity contribution in [1.82, 2.24) is 20.1 Å². The van der Waals surface area contributed by atoms with Crippen molar-refractivity contribution >= 4 is 29.3 Å². The fourth-order valence-corrected chi connectivity index (χ4v) is 4.61. The maximum Gasteiger partial charge on any atom is 0.251 e. The maximum absolute atomic E-state index is 12.9. The minimum Gasteiger partial charge on any atom is -0.497 e. The van der Waals surface area contributed by atoms with Gasteiger partial charge in [0.15, 0.2) is 11.0 Å². The molecule has 1 aromatic heterocycles. The molecule has 3 aromatic carbocycles. The number of aromatic nitrogens is 3. The van der Waals surface area contributed by atoms with Crippen molar-refractivity contribution in [3.05, 3.63) is 100 Å². The summed E-state index contributed by atoms with van der Waals surface area (Å²) in [6.07, 6.45) is 0. The number of halogens is 1. The zero-order chi connectivity index (χ0) is 24.1. The quantitative estimate of drug-likeness (QED) is 0.304. The van der Waals surface area contributed by atoms with E-state index in [9.17, 15) is 4.79 Å². The molecule has 1 unspecified atom stereocenters. The Kier molecular flexibility index (Phi) is 7.55. The van der Waals surface area contributed by atoms with Gasteiger partial charge in [-0.15, -0.1) is 10.2 Å². The monoisotopic (exact) mass is 492 g/mol. The molecular weight excluding hydrogens is 468 g/mol. The van der Waals surface area contributed by atoms with Crippen molar-refractivity contribution in [2.75, 3.05) is 7.11 Å². The van der Waals surface area contributed by atoms with Crippen LogP contribution in [0.25, 0.3) is 5.69 Å². The first-order chi connectivity index (χ1) is 16.5. The number of carbonyl (C=O) groups is 1. The van der Waals surface area contributed by atoms with E-state index in [0.29, 0.717) is 22.2 Å². The van der Waals surface area contributed by atoms with Gasteiger partial charge < -0.3 is 10.1 Å². The lowest BCUT2D eigenvalue weighted by atomic mass is 10.1. The number of aryl methyl sites for hydroxylation is 1. The highest BCUT2D eigenvalue weighted by Crippen LogP contribution is 2.30. The van der Waals surface area contributed by atoms with Crippen LogP contribution in [0.4, 0.5) is 0 Å². The van der Waals surface area contributed by atoms with Crippen molar-refractivity contribution in [2.45, 2.75) is 30.8 Å². The Morgan fingerprint density at radius 2 is 1.88 bits per heavy atom. The highest BCUT2D eigenvalue weighted by atomic mass is 35.5. The molecule has 0 saturated carbocycles. The van der Waals surface area contributed by atoms with Crippen LogP contribution in [0.3, 0.4) is 0 Å². The summed E-state index contributed by atoms with van der Waals surface area (Å²) in [5.74, 6) is 1.76. The van der Waals surface area contributed by atoms with Crippen LogP contribution in [0.15, 0.2) is 78.0 Å². The molecule has 1 atom stereocenters. The number of methoxy groups -OCH3 is 1. The van der Waals surface area contributed by atoms with Crippen LogP contribution in [0.1, 0.15) is 40.3 Å². The third-order valence-electron chi connectivity index (χ3n) is 5.35. The molecule has 1 amide bonds. The number of ether oxygens (including phenoxy) is 1. The Balaban J connectivity index is 1.66. The number of nitrogens with one attached hydrogen (secondary N) is 1. The van der Waals surface area contributed by atoms with Crippen LogP contribution >= 0.6 is 23.4 Å². The highest BCUT2D eigenvalue weighted by molar-refractivity contribution is 7.98. The van der Waals surface area contributed by atoms with E-state index in [2.05, 4.69) is 27.6 Å². The topological polar surface area (TPSA) is 69.0 Å². The minimum absolute atomic E-state index is 0.220. The molecular formula is C26H25ClN4O2S. The number of rotatable bonds is 8. The van der Waals surface area contributed by atoms with Crippen molar-refractivity contribution in [1.29, 1.82) is 0 Å². The largest absolute Gasteiger partial charge is 0.497 e. The van der Waals surface area contributed by atoms with Gasteiger partial charge in [-0.2, -0.15) is 0 Å². The lowest BCUT2D eigenvalue weighted by molar-refractivity contribution is 0.0937. The molecule has 4 rings (SSSR count). The van der Waals surface area contributed by atoms with E-state index >= 15 is 0 Å². The molecule has 0 saturated heterocycles. The smallest absolute Gasteiger partial charge is 0.251 e. The Morgan fingerprint density at radius 1 is 1.09 bits per heavy atom. The van der Waals surface area contributed by atoms with Gasteiger partial charge in [0.1, 0.15) is 5.75 Å². The van der Waals surface area contributed by atoms with Crippen molar-refractivity contribution in [3.8, 4) is 11.4 Å². The number of thioether (sulfide) groups is 1. The molecule has 6 nitrogen and oxygen atoms in total. The number of amides is 1. The third kappa shape index (κ3) is 5.43. The lowest BCUT2D eigenvalue weighted by Crippen LogP contribution is -2.28. The molecule has 0 spiro atoms. The Bertz CT molecular complexity index is 1290. The molecule has 8 heteroatoms. The number of nitrogens with zero attached hydrogens (tertiary/aromatic N) is 3. The van der Waals surface area contributed by atoms with Gasteiger partial charge in [-0.25, -0.2) is 0 Å². The fraction of sp³-hybridized carbons (Fsp3) is 0.192. The molecule has 0 radical (unpaired) electrons. The Labute approximate surface area is 208 Å².